The van der Waals surface area contributed by atoms with Crippen molar-refractivity contribution in [3.05, 3.63) is 64.7 Å². The Kier molecular flexibility index (Phi) is 3.96. The normalized spacial score (nSPS) is 13.2. The molecule has 0 spiro atoms. The highest BCUT2D eigenvalue weighted by atomic mass is 16.5. The Labute approximate surface area is 129 Å². The van der Waals surface area contributed by atoms with Gasteiger partial charge in [-0.05, 0) is 49.1 Å². The maximum Gasteiger partial charge on any atom is 0.155 e. The number of fused-ring (bicyclic) bond motifs is 1. The fraction of sp³-hybridized carbons (Fsp3) is 0.211. The predicted molar refractivity (Wildman–Crippen MR) is 85.9 cm³/mol. The molecule has 0 atom stereocenters. The highest BCUT2D eigenvalue weighted by Gasteiger charge is 2.19. The molecule has 3 heteroatoms. The molecule has 0 fully saturated rings. The van der Waals surface area contributed by atoms with Crippen LogP contribution in [0.4, 0.5) is 0 Å². The number of ketones is 1. The molecule has 3 rings (SSSR count). The highest BCUT2D eigenvalue weighted by molar-refractivity contribution is 5.99. The third kappa shape index (κ3) is 2.89. The number of ether oxygens (including phenoxy) is 1. The molecule has 0 bridgehead atoms. The molecule has 0 saturated carbocycles. The number of phenols is 1. The second-order valence-electron chi connectivity index (χ2n) is 5.48. The van der Waals surface area contributed by atoms with Gasteiger partial charge in [-0.1, -0.05) is 30.3 Å². The van der Waals surface area contributed by atoms with Crippen molar-refractivity contribution in [1.29, 1.82) is 0 Å². The minimum atomic E-state index is 0.0722. The lowest BCUT2D eigenvalue weighted by Gasteiger charge is -2.19. The van der Waals surface area contributed by atoms with Gasteiger partial charge in [-0.2, -0.15) is 0 Å². The van der Waals surface area contributed by atoms with E-state index in [-0.39, 0.29) is 11.5 Å². The van der Waals surface area contributed by atoms with E-state index in [1.165, 1.54) is 0 Å². The number of hydrogen-bond acceptors (Lipinski definition) is 3. The van der Waals surface area contributed by atoms with Crippen molar-refractivity contribution in [2.45, 2.75) is 26.4 Å². The standard InChI is InChI=1S/C19H18O3/c1-13(20)15-7-8-16-17(11-15)19(10-9-18(16)21)22-12-14-5-3-2-4-6-14/h2-6,9-11,21H,7-8,12H2,1H3. The van der Waals surface area contributed by atoms with E-state index in [1.807, 2.05) is 36.4 Å². The molecule has 0 amide bonds. The Morgan fingerprint density at radius 2 is 1.91 bits per heavy atom. The van der Waals surface area contributed by atoms with E-state index in [1.54, 1.807) is 19.1 Å². The fourth-order valence-electron chi connectivity index (χ4n) is 2.70. The molecule has 0 heterocycles. The van der Waals surface area contributed by atoms with Crippen molar-refractivity contribution < 1.29 is 14.6 Å². The Morgan fingerprint density at radius 3 is 2.64 bits per heavy atom. The number of Topliss-reactive ketones (excluding diaryl/α,β-unsaturated/α-hetero) is 1. The minimum absolute atomic E-state index is 0.0722. The molecule has 0 aliphatic heterocycles. The van der Waals surface area contributed by atoms with Gasteiger partial charge in [0.2, 0.25) is 0 Å². The zero-order valence-corrected chi connectivity index (χ0v) is 12.5. The third-order valence-electron chi connectivity index (χ3n) is 3.94. The molecule has 1 N–H and O–H groups in total. The largest absolute Gasteiger partial charge is 0.508 e. The van der Waals surface area contributed by atoms with Crippen LogP contribution in [0.5, 0.6) is 11.5 Å². The number of aromatic hydroxyl groups is 1. The van der Waals surface area contributed by atoms with Crippen molar-refractivity contribution in [2.75, 3.05) is 0 Å². The van der Waals surface area contributed by atoms with Crippen LogP contribution in [0.2, 0.25) is 0 Å². The zero-order valence-electron chi connectivity index (χ0n) is 12.5. The summed E-state index contributed by atoms with van der Waals surface area (Å²) in [6, 6.07) is 13.3. The molecule has 0 aromatic heterocycles. The van der Waals surface area contributed by atoms with Gasteiger partial charge in [0.15, 0.2) is 5.78 Å². The minimum Gasteiger partial charge on any atom is -0.508 e. The molecule has 112 valence electrons. The second-order valence-corrected chi connectivity index (χ2v) is 5.48. The predicted octanol–water partition coefficient (Wildman–Crippen LogP) is 3.89. The Morgan fingerprint density at radius 1 is 1.14 bits per heavy atom. The van der Waals surface area contributed by atoms with Crippen LogP contribution < -0.4 is 4.74 Å². The van der Waals surface area contributed by atoms with Crippen LogP contribution in [0.25, 0.3) is 6.08 Å². The average Bonchev–Trinajstić information content (AvgIpc) is 2.55. The molecule has 2 aromatic carbocycles. The lowest BCUT2D eigenvalue weighted by atomic mass is 9.89. The molecular weight excluding hydrogens is 276 g/mol. The lowest BCUT2D eigenvalue weighted by Crippen LogP contribution is -2.07. The quantitative estimate of drug-likeness (QED) is 0.930. The van der Waals surface area contributed by atoms with E-state index in [0.29, 0.717) is 25.2 Å². The first-order valence-electron chi connectivity index (χ1n) is 7.38. The second kappa shape index (κ2) is 6.06. The van der Waals surface area contributed by atoms with E-state index < -0.39 is 0 Å². The van der Waals surface area contributed by atoms with Gasteiger partial charge in [-0.15, -0.1) is 0 Å². The summed E-state index contributed by atoms with van der Waals surface area (Å²) in [6.07, 6.45) is 3.17. The molecule has 0 radical (unpaired) electrons. The summed E-state index contributed by atoms with van der Waals surface area (Å²) in [5.74, 6) is 1.04. The van der Waals surface area contributed by atoms with Crippen molar-refractivity contribution in [1.82, 2.24) is 0 Å². The summed E-state index contributed by atoms with van der Waals surface area (Å²) in [4.78, 5) is 11.6. The van der Waals surface area contributed by atoms with E-state index in [4.69, 9.17) is 4.74 Å². The summed E-state index contributed by atoms with van der Waals surface area (Å²) in [6.45, 7) is 2.03. The van der Waals surface area contributed by atoms with Crippen LogP contribution in [0.3, 0.4) is 0 Å². The van der Waals surface area contributed by atoms with Crippen molar-refractivity contribution in [2.24, 2.45) is 0 Å². The van der Waals surface area contributed by atoms with Gasteiger partial charge in [0.05, 0.1) is 0 Å². The van der Waals surface area contributed by atoms with Gasteiger partial charge < -0.3 is 9.84 Å². The first-order valence-corrected chi connectivity index (χ1v) is 7.38. The van der Waals surface area contributed by atoms with Crippen molar-refractivity contribution in [3.63, 3.8) is 0 Å². The molecule has 0 saturated heterocycles. The van der Waals surface area contributed by atoms with Gasteiger partial charge >= 0.3 is 0 Å². The smallest absolute Gasteiger partial charge is 0.155 e. The van der Waals surface area contributed by atoms with Crippen molar-refractivity contribution >= 4 is 11.9 Å². The zero-order chi connectivity index (χ0) is 15.5. The Bertz CT molecular complexity index is 730. The first-order chi connectivity index (χ1) is 10.6. The molecular formula is C19H18O3. The maximum atomic E-state index is 11.6. The number of hydrogen-bond donors (Lipinski definition) is 1. The monoisotopic (exact) mass is 294 g/mol. The summed E-state index contributed by atoms with van der Waals surface area (Å²) in [7, 11) is 0. The van der Waals surface area contributed by atoms with Crippen LogP contribution in [-0.2, 0) is 17.8 Å². The van der Waals surface area contributed by atoms with E-state index in [0.717, 1.165) is 22.3 Å². The Balaban J connectivity index is 1.91. The lowest BCUT2D eigenvalue weighted by molar-refractivity contribution is -0.113. The number of carbonyl (C=O) groups is 1. The van der Waals surface area contributed by atoms with Gasteiger partial charge in [-0.25, -0.2) is 0 Å². The highest BCUT2D eigenvalue weighted by Crippen LogP contribution is 2.37. The van der Waals surface area contributed by atoms with Crippen LogP contribution in [0, 0.1) is 0 Å². The van der Waals surface area contributed by atoms with Crippen LogP contribution in [0.15, 0.2) is 48.0 Å². The first kappa shape index (κ1) is 14.4. The van der Waals surface area contributed by atoms with Crippen LogP contribution >= 0.6 is 0 Å². The summed E-state index contributed by atoms with van der Waals surface area (Å²) in [5.41, 5.74) is 3.54. The number of allylic oxidation sites excluding steroid dienone is 1. The van der Waals surface area contributed by atoms with E-state index in [9.17, 15) is 9.90 Å². The van der Waals surface area contributed by atoms with Gasteiger partial charge in [0, 0.05) is 11.1 Å². The maximum absolute atomic E-state index is 11.6. The average molecular weight is 294 g/mol. The fourth-order valence-corrected chi connectivity index (χ4v) is 2.70. The summed E-state index contributed by atoms with van der Waals surface area (Å²) < 4.78 is 5.91. The van der Waals surface area contributed by atoms with Gasteiger partial charge in [-0.3, -0.25) is 4.79 Å². The Hall–Kier alpha value is -2.55. The van der Waals surface area contributed by atoms with Crippen LogP contribution in [-0.4, -0.2) is 10.9 Å². The molecule has 1 aliphatic rings. The number of phenolic OH excluding ortho intramolecular Hbond substituents is 1. The van der Waals surface area contributed by atoms with E-state index >= 15 is 0 Å². The number of benzene rings is 2. The van der Waals surface area contributed by atoms with Crippen LogP contribution in [0.1, 0.15) is 30.0 Å². The van der Waals surface area contributed by atoms with E-state index in [2.05, 4.69) is 0 Å². The van der Waals surface area contributed by atoms with Gasteiger partial charge in [0.1, 0.15) is 18.1 Å². The third-order valence-corrected chi connectivity index (χ3v) is 3.94. The summed E-state index contributed by atoms with van der Waals surface area (Å²) >= 11 is 0. The number of rotatable bonds is 4. The van der Waals surface area contributed by atoms with Crippen molar-refractivity contribution in [3.8, 4) is 11.5 Å². The molecule has 3 nitrogen and oxygen atoms in total. The molecule has 22 heavy (non-hydrogen) atoms. The topological polar surface area (TPSA) is 46.5 Å². The van der Waals surface area contributed by atoms with Gasteiger partial charge in [0.25, 0.3) is 0 Å². The molecule has 0 unspecified atom stereocenters. The molecule has 1 aliphatic carbocycles. The SMILES string of the molecule is CC(=O)C1=Cc2c(OCc3ccccc3)ccc(O)c2CC1. The molecule has 2 aromatic rings. The summed E-state index contributed by atoms with van der Waals surface area (Å²) in [5, 5.41) is 10.0. The number of carbonyl (C=O) groups excluding carboxylic acids is 1.